The van der Waals surface area contributed by atoms with Gasteiger partial charge in [0.05, 0.1) is 6.61 Å². The van der Waals surface area contributed by atoms with Gasteiger partial charge in [0.1, 0.15) is 0 Å². The molecule has 0 radical (unpaired) electrons. The second-order valence-corrected chi connectivity index (χ2v) is 4.13. The molecule has 1 atom stereocenters. The standard InChI is InChI=1S/C11H15N3O3/c1-7-4-9(10(15)16)14-11(13-7)12-5-8-2-3-17-6-8/h4,8H,2-3,5-6H2,1H3,(H,15,16)(H,12,13,14). The zero-order valence-corrected chi connectivity index (χ0v) is 9.64. The van der Waals surface area contributed by atoms with Crippen molar-refractivity contribution < 1.29 is 14.6 Å². The van der Waals surface area contributed by atoms with E-state index in [-0.39, 0.29) is 5.69 Å². The van der Waals surface area contributed by atoms with Crippen LogP contribution in [0.4, 0.5) is 5.95 Å². The van der Waals surface area contributed by atoms with Crippen LogP contribution in [0.5, 0.6) is 0 Å². The molecule has 2 rings (SSSR count). The summed E-state index contributed by atoms with van der Waals surface area (Å²) >= 11 is 0. The van der Waals surface area contributed by atoms with Gasteiger partial charge in [-0.1, -0.05) is 0 Å². The van der Waals surface area contributed by atoms with Crippen molar-refractivity contribution in [2.24, 2.45) is 5.92 Å². The number of carboxylic acids is 1. The first-order valence-electron chi connectivity index (χ1n) is 5.56. The summed E-state index contributed by atoms with van der Waals surface area (Å²) in [7, 11) is 0. The SMILES string of the molecule is Cc1cc(C(=O)O)nc(NCC2CCOC2)n1. The highest BCUT2D eigenvalue weighted by molar-refractivity contribution is 5.85. The van der Waals surface area contributed by atoms with Crippen LogP contribution in [0.2, 0.25) is 0 Å². The number of aryl methyl sites for hydroxylation is 1. The molecule has 17 heavy (non-hydrogen) atoms. The number of carboxylic acid groups (broad SMARTS) is 1. The Morgan fingerprint density at radius 2 is 2.47 bits per heavy atom. The van der Waals surface area contributed by atoms with Gasteiger partial charge in [0, 0.05) is 24.8 Å². The van der Waals surface area contributed by atoms with E-state index >= 15 is 0 Å². The molecule has 2 heterocycles. The van der Waals surface area contributed by atoms with E-state index in [1.807, 2.05) is 0 Å². The van der Waals surface area contributed by atoms with E-state index in [2.05, 4.69) is 15.3 Å². The molecule has 1 unspecified atom stereocenters. The molecule has 1 aliphatic heterocycles. The van der Waals surface area contributed by atoms with E-state index < -0.39 is 5.97 Å². The molecule has 1 aromatic rings. The van der Waals surface area contributed by atoms with E-state index in [4.69, 9.17) is 9.84 Å². The van der Waals surface area contributed by atoms with Gasteiger partial charge in [-0.15, -0.1) is 0 Å². The van der Waals surface area contributed by atoms with Crippen molar-refractivity contribution in [3.63, 3.8) is 0 Å². The first-order valence-corrected chi connectivity index (χ1v) is 5.56. The topological polar surface area (TPSA) is 84.3 Å². The van der Waals surface area contributed by atoms with Crippen molar-refractivity contribution in [3.8, 4) is 0 Å². The Labute approximate surface area is 99.0 Å². The number of rotatable bonds is 4. The number of nitrogens with one attached hydrogen (secondary N) is 1. The smallest absolute Gasteiger partial charge is 0.354 e. The number of aromatic nitrogens is 2. The van der Waals surface area contributed by atoms with Gasteiger partial charge in [0.25, 0.3) is 0 Å². The average molecular weight is 237 g/mol. The number of carbonyl (C=O) groups is 1. The van der Waals surface area contributed by atoms with Crippen LogP contribution in [-0.2, 0) is 4.74 Å². The van der Waals surface area contributed by atoms with Crippen LogP contribution in [-0.4, -0.2) is 40.8 Å². The molecular weight excluding hydrogens is 222 g/mol. The Morgan fingerprint density at radius 1 is 1.65 bits per heavy atom. The number of nitrogens with zero attached hydrogens (tertiary/aromatic N) is 2. The summed E-state index contributed by atoms with van der Waals surface area (Å²) in [6.07, 6.45) is 1.02. The van der Waals surface area contributed by atoms with Crippen LogP contribution >= 0.6 is 0 Å². The fourth-order valence-electron chi connectivity index (χ4n) is 1.74. The summed E-state index contributed by atoms with van der Waals surface area (Å²) in [6, 6.07) is 1.45. The molecule has 0 saturated carbocycles. The Bertz CT molecular complexity index is 416. The van der Waals surface area contributed by atoms with Gasteiger partial charge in [0.2, 0.25) is 5.95 Å². The molecule has 1 aliphatic rings. The molecule has 92 valence electrons. The molecule has 0 spiro atoms. The lowest BCUT2D eigenvalue weighted by Crippen LogP contribution is -2.17. The first kappa shape index (κ1) is 11.8. The first-order chi connectivity index (χ1) is 8.15. The highest BCUT2D eigenvalue weighted by Gasteiger charge is 2.16. The van der Waals surface area contributed by atoms with Crippen molar-refractivity contribution in [2.75, 3.05) is 25.1 Å². The summed E-state index contributed by atoms with van der Waals surface area (Å²) < 4.78 is 5.26. The molecule has 6 nitrogen and oxygen atoms in total. The van der Waals surface area contributed by atoms with Crippen LogP contribution in [0, 0.1) is 12.8 Å². The van der Waals surface area contributed by atoms with Crippen molar-refractivity contribution in [1.29, 1.82) is 0 Å². The van der Waals surface area contributed by atoms with E-state index in [0.717, 1.165) is 19.6 Å². The summed E-state index contributed by atoms with van der Waals surface area (Å²) in [6.45, 7) is 3.99. The Kier molecular flexibility index (Phi) is 3.53. The van der Waals surface area contributed by atoms with Crippen LogP contribution in [0.3, 0.4) is 0 Å². The van der Waals surface area contributed by atoms with E-state index in [0.29, 0.717) is 24.1 Å². The quantitative estimate of drug-likeness (QED) is 0.810. The minimum Gasteiger partial charge on any atom is -0.477 e. The highest BCUT2D eigenvalue weighted by atomic mass is 16.5. The lowest BCUT2D eigenvalue weighted by Gasteiger charge is -2.10. The summed E-state index contributed by atoms with van der Waals surface area (Å²) in [5.41, 5.74) is 0.658. The van der Waals surface area contributed by atoms with E-state index in [9.17, 15) is 4.79 Å². The van der Waals surface area contributed by atoms with Gasteiger partial charge < -0.3 is 15.2 Å². The number of ether oxygens (including phenoxy) is 1. The van der Waals surface area contributed by atoms with E-state index in [1.165, 1.54) is 6.07 Å². The monoisotopic (exact) mass is 237 g/mol. The number of anilines is 1. The van der Waals surface area contributed by atoms with E-state index in [1.54, 1.807) is 6.92 Å². The zero-order valence-electron chi connectivity index (χ0n) is 9.64. The lowest BCUT2D eigenvalue weighted by molar-refractivity contribution is 0.0690. The Hall–Kier alpha value is -1.69. The molecule has 6 heteroatoms. The predicted molar refractivity (Wildman–Crippen MR) is 61.1 cm³/mol. The minimum atomic E-state index is -1.04. The Morgan fingerprint density at radius 3 is 3.12 bits per heavy atom. The molecule has 0 aliphatic carbocycles. The largest absolute Gasteiger partial charge is 0.477 e. The molecule has 0 bridgehead atoms. The summed E-state index contributed by atoms with van der Waals surface area (Å²) in [4.78, 5) is 18.9. The van der Waals surface area contributed by atoms with Gasteiger partial charge in [-0.3, -0.25) is 0 Å². The third-order valence-corrected chi connectivity index (χ3v) is 2.65. The van der Waals surface area contributed by atoms with Gasteiger partial charge in [-0.25, -0.2) is 14.8 Å². The highest BCUT2D eigenvalue weighted by Crippen LogP contribution is 2.13. The van der Waals surface area contributed by atoms with Gasteiger partial charge in [-0.05, 0) is 19.4 Å². The van der Waals surface area contributed by atoms with Gasteiger partial charge in [-0.2, -0.15) is 0 Å². The van der Waals surface area contributed by atoms with Crippen LogP contribution in [0.15, 0.2) is 6.07 Å². The van der Waals surface area contributed by atoms with Crippen molar-refractivity contribution >= 4 is 11.9 Å². The maximum Gasteiger partial charge on any atom is 0.354 e. The maximum absolute atomic E-state index is 10.8. The van der Waals surface area contributed by atoms with Gasteiger partial charge >= 0.3 is 5.97 Å². The Balaban J connectivity index is 2.01. The molecule has 1 fully saturated rings. The number of hydrogen-bond donors (Lipinski definition) is 2. The third kappa shape index (κ3) is 3.13. The molecular formula is C11H15N3O3. The van der Waals surface area contributed by atoms with Crippen molar-refractivity contribution in [3.05, 3.63) is 17.5 Å². The third-order valence-electron chi connectivity index (χ3n) is 2.65. The maximum atomic E-state index is 10.8. The fourth-order valence-corrected chi connectivity index (χ4v) is 1.74. The number of hydrogen-bond acceptors (Lipinski definition) is 5. The molecule has 0 amide bonds. The second kappa shape index (κ2) is 5.09. The van der Waals surface area contributed by atoms with Crippen molar-refractivity contribution in [1.82, 2.24) is 9.97 Å². The minimum absolute atomic E-state index is 0.0164. The molecule has 2 N–H and O–H groups in total. The summed E-state index contributed by atoms with van der Waals surface area (Å²) in [5.74, 6) is -0.218. The van der Waals surface area contributed by atoms with Crippen LogP contribution < -0.4 is 5.32 Å². The zero-order chi connectivity index (χ0) is 12.3. The predicted octanol–water partition coefficient (Wildman–Crippen LogP) is 0.932. The lowest BCUT2D eigenvalue weighted by atomic mass is 10.1. The van der Waals surface area contributed by atoms with Crippen LogP contribution in [0.1, 0.15) is 22.6 Å². The second-order valence-electron chi connectivity index (χ2n) is 4.13. The summed E-state index contributed by atoms with van der Waals surface area (Å²) in [5, 5.41) is 11.9. The average Bonchev–Trinajstić information content (AvgIpc) is 2.78. The molecule has 1 saturated heterocycles. The van der Waals surface area contributed by atoms with Gasteiger partial charge in [0.15, 0.2) is 5.69 Å². The number of aromatic carboxylic acids is 1. The van der Waals surface area contributed by atoms with Crippen molar-refractivity contribution in [2.45, 2.75) is 13.3 Å². The molecule has 0 aromatic carbocycles. The molecule has 1 aromatic heterocycles. The fraction of sp³-hybridized carbons (Fsp3) is 0.545. The normalized spacial score (nSPS) is 19.2. The van der Waals surface area contributed by atoms with Crippen LogP contribution in [0.25, 0.3) is 0 Å².